The van der Waals surface area contributed by atoms with E-state index in [1.165, 1.54) is 11.3 Å². The maximum Gasteiger partial charge on any atom is 0.220 e. The van der Waals surface area contributed by atoms with Crippen LogP contribution in [0.4, 0.5) is 5.13 Å². The van der Waals surface area contributed by atoms with Crippen LogP contribution in [0.3, 0.4) is 0 Å². The molecule has 0 amide bonds. The Bertz CT molecular complexity index is 517. The molecular formula is C11H14N4OS2. The van der Waals surface area contributed by atoms with Crippen LogP contribution in [-0.4, -0.2) is 20.5 Å². The third-order valence-electron chi connectivity index (χ3n) is 2.30. The van der Waals surface area contributed by atoms with Gasteiger partial charge in [0.1, 0.15) is 5.75 Å². The Kier molecular flexibility index (Phi) is 4.54. The molecule has 1 unspecified atom stereocenters. The maximum atomic E-state index is 12.1. The van der Waals surface area contributed by atoms with Crippen LogP contribution in [-0.2, 0) is 11.2 Å². The van der Waals surface area contributed by atoms with E-state index in [1.807, 2.05) is 31.2 Å². The zero-order valence-corrected chi connectivity index (χ0v) is 11.6. The number of nitrogens with two attached hydrogens (primary N) is 1. The van der Waals surface area contributed by atoms with Crippen LogP contribution >= 0.6 is 11.3 Å². The lowest BCUT2D eigenvalue weighted by atomic mass is 10.2. The van der Waals surface area contributed by atoms with Crippen LogP contribution in [0.5, 0.6) is 0 Å². The number of aromatic nitrogens is 2. The van der Waals surface area contributed by atoms with Crippen molar-refractivity contribution in [3.8, 4) is 10.6 Å². The average molecular weight is 282 g/mol. The molecule has 1 atom stereocenters. The van der Waals surface area contributed by atoms with E-state index in [0.717, 1.165) is 21.9 Å². The highest BCUT2D eigenvalue weighted by molar-refractivity contribution is 7.91. The Hall–Kier alpha value is -1.15. The number of nitrogens with one attached hydrogen (secondary N) is 1. The van der Waals surface area contributed by atoms with Gasteiger partial charge in [0.25, 0.3) is 0 Å². The molecular weight excluding hydrogens is 268 g/mol. The van der Waals surface area contributed by atoms with Gasteiger partial charge in [-0.15, -0.1) is 10.2 Å². The van der Waals surface area contributed by atoms with Gasteiger partial charge in [-0.05, 0) is 29.7 Å². The van der Waals surface area contributed by atoms with Gasteiger partial charge in [0, 0.05) is 0 Å². The zero-order chi connectivity index (χ0) is 13.0. The molecule has 0 radical (unpaired) electrons. The molecule has 2 rings (SSSR count). The summed E-state index contributed by atoms with van der Waals surface area (Å²) < 4.78 is 12.1. The molecule has 2 aromatic rings. The largest absolute Gasteiger partial charge is 0.611 e. The van der Waals surface area contributed by atoms with Gasteiger partial charge in [0.2, 0.25) is 5.13 Å². The number of hydrogen-bond donors (Lipinski definition) is 2. The summed E-state index contributed by atoms with van der Waals surface area (Å²) in [5, 5.41) is 9.21. The quantitative estimate of drug-likeness (QED) is 0.497. The van der Waals surface area contributed by atoms with Gasteiger partial charge in [0.15, 0.2) is 9.90 Å². The standard InChI is InChI=1S/C11H14N4OS2/c1-2-7-18(16)9-6-4-3-5-8(9)10-14-15-11(13-12)17-10/h3-6H,2,7,12H2,1H3,(H,13,15). The Labute approximate surface area is 113 Å². The van der Waals surface area contributed by atoms with Gasteiger partial charge < -0.3 is 4.55 Å². The number of rotatable bonds is 5. The smallest absolute Gasteiger partial charge is 0.220 e. The second-order valence-electron chi connectivity index (χ2n) is 3.60. The van der Waals surface area contributed by atoms with E-state index in [-0.39, 0.29) is 0 Å². The van der Waals surface area contributed by atoms with Crippen molar-refractivity contribution in [2.75, 3.05) is 11.2 Å². The highest BCUT2D eigenvalue weighted by Gasteiger charge is 2.18. The SMILES string of the molecule is CCC[S+]([O-])c1ccccc1-c1nnc(NN)s1. The van der Waals surface area contributed by atoms with Crippen LogP contribution in [0, 0.1) is 0 Å². The number of anilines is 1. The number of nitrogen functional groups attached to an aromatic ring is 1. The highest BCUT2D eigenvalue weighted by atomic mass is 32.2. The zero-order valence-electron chi connectivity index (χ0n) is 9.92. The van der Waals surface area contributed by atoms with Crippen molar-refractivity contribution in [3.63, 3.8) is 0 Å². The lowest BCUT2D eigenvalue weighted by Gasteiger charge is -2.11. The molecule has 3 N–H and O–H groups in total. The van der Waals surface area contributed by atoms with E-state index in [1.54, 1.807) is 0 Å². The molecule has 7 heteroatoms. The van der Waals surface area contributed by atoms with Crippen LogP contribution in [0.25, 0.3) is 10.6 Å². The molecule has 96 valence electrons. The fourth-order valence-corrected chi connectivity index (χ4v) is 3.52. The summed E-state index contributed by atoms with van der Waals surface area (Å²) >= 11 is 0.342. The first kappa shape index (κ1) is 13.3. The van der Waals surface area contributed by atoms with E-state index in [9.17, 15) is 4.55 Å². The number of hydrazine groups is 1. The fraction of sp³-hybridized carbons (Fsp3) is 0.273. The van der Waals surface area contributed by atoms with E-state index >= 15 is 0 Å². The van der Waals surface area contributed by atoms with Crippen molar-refractivity contribution in [2.45, 2.75) is 18.2 Å². The summed E-state index contributed by atoms with van der Waals surface area (Å²) in [6.45, 7) is 2.02. The maximum absolute atomic E-state index is 12.1. The molecule has 0 bridgehead atoms. The Morgan fingerprint density at radius 3 is 2.83 bits per heavy atom. The minimum absolute atomic E-state index is 0.543. The molecule has 0 aliphatic heterocycles. The van der Waals surface area contributed by atoms with Crippen LogP contribution < -0.4 is 11.3 Å². The molecule has 0 fully saturated rings. The van der Waals surface area contributed by atoms with Gasteiger partial charge in [-0.3, -0.25) is 5.43 Å². The fourth-order valence-electron chi connectivity index (χ4n) is 1.53. The molecule has 1 aromatic carbocycles. The van der Waals surface area contributed by atoms with Crippen molar-refractivity contribution in [1.82, 2.24) is 10.2 Å². The summed E-state index contributed by atoms with van der Waals surface area (Å²) in [5.74, 6) is 5.94. The molecule has 18 heavy (non-hydrogen) atoms. The van der Waals surface area contributed by atoms with E-state index in [0.29, 0.717) is 10.9 Å². The topological polar surface area (TPSA) is 86.9 Å². The molecule has 1 aromatic heterocycles. The lowest BCUT2D eigenvalue weighted by molar-refractivity contribution is 0.594. The van der Waals surface area contributed by atoms with Crippen molar-refractivity contribution in [2.24, 2.45) is 5.84 Å². The van der Waals surface area contributed by atoms with Gasteiger partial charge >= 0.3 is 0 Å². The molecule has 0 saturated heterocycles. The first-order valence-electron chi connectivity index (χ1n) is 5.54. The highest BCUT2D eigenvalue weighted by Crippen LogP contribution is 2.31. The van der Waals surface area contributed by atoms with Gasteiger partial charge in [-0.2, -0.15) is 0 Å². The third-order valence-corrected chi connectivity index (χ3v) is 4.81. The Balaban J connectivity index is 2.37. The van der Waals surface area contributed by atoms with Gasteiger partial charge in [-0.25, -0.2) is 5.84 Å². The molecule has 5 nitrogen and oxygen atoms in total. The van der Waals surface area contributed by atoms with Crippen LogP contribution in [0.1, 0.15) is 13.3 Å². The molecule has 0 aliphatic rings. The van der Waals surface area contributed by atoms with Gasteiger partial charge in [-0.1, -0.05) is 30.4 Å². The first-order chi connectivity index (χ1) is 8.76. The van der Waals surface area contributed by atoms with Crippen molar-refractivity contribution < 1.29 is 4.55 Å². The second-order valence-corrected chi connectivity index (χ2v) is 6.12. The number of hydrogen-bond acceptors (Lipinski definition) is 6. The van der Waals surface area contributed by atoms with Crippen molar-refractivity contribution >= 4 is 27.6 Å². The number of nitrogens with zero attached hydrogens (tertiary/aromatic N) is 2. The minimum atomic E-state index is -1.00. The Morgan fingerprint density at radius 2 is 2.17 bits per heavy atom. The molecule has 0 saturated carbocycles. The normalized spacial score (nSPS) is 12.4. The van der Waals surface area contributed by atoms with Crippen LogP contribution in [0.15, 0.2) is 29.2 Å². The minimum Gasteiger partial charge on any atom is -0.611 e. The van der Waals surface area contributed by atoms with Crippen molar-refractivity contribution in [1.29, 1.82) is 0 Å². The predicted molar refractivity (Wildman–Crippen MR) is 74.7 cm³/mol. The third kappa shape index (κ3) is 2.81. The Morgan fingerprint density at radius 1 is 1.39 bits per heavy atom. The molecule has 1 heterocycles. The summed E-state index contributed by atoms with van der Waals surface area (Å²) in [6.07, 6.45) is 0.882. The van der Waals surface area contributed by atoms with Crippen molar-refractivity contribution in [3.05, 3.63) is 24.3 Å². The molecule has 0 aliphatic carbocycles. The second kappa shape index (κ2) is 6.14. The predicted octanol–water partition coefficient (Wildman–Crippen LogP) is 2.01. The summed E-state index contributed by atoms with van der Waals surface area (Å²) in [7, 11) is 0. The monoisotopic (exact) mass is 282 g/mol. The summed E-state index contributed by atoms with van der Waals surface area (Å²) in [6, 6.07) is 7.57. The summed E-state index contributed by atoms with van der Waals surface area (Å²) in [5.41, 5.74) is 3.32. The van der Waals surface area contributed by atoms with Crippen LogP contribution in [0.2, 0.25) is 0 Å². The first-order valence-corrected chi connectivity index (χ1v) is 7.67. The van der Waals surface area contributed by atoms with E-state index < -0.39 is 11.2 Å². The number of benzene rings is 1. The summed E-state index contributed by atoms with van der Waals surface area (Å²) in [4.78, 5) is 0.805. The molecule has 0 spiro atoms. The average Bonchev–Trinajstić information content (AvgIpc) is 2.87. The van der Waals surface area contributed by atoms with Gasteiger partial charge in [0.05, 0.1) is 5.56 Å². The van der Waals surface area contributed by atoms with E-state index in [2.05, 4.69) is 15.6 Å². The lowest BCUT2D eigenvalue weighted by Crippen LogP contribution is -2.07. The van der Waals surface area contributed by atoms with E-state index in [4.69, 9.17) is 5.84 Å².